The number of hydrogen-bond donors (Lipinski definition) is 1. The molecule has 0 fully saturated rings. The molecule has 7 heteroatoms. The summed E-state index contributed by atoms with van der Waals surface area (Å²) < 4.78 is 6.25. The number of rotatable bonds is 8. The molecule has 36 heavy (non-hydrogen) atoms. The number of nitrogens with zero attached hydrogens (tertiary/aromatic N) is 4. The Labute approximate surface area is 218 Å². The first-order valence-corrected chi connectivity index (χ1v) is 12.6. The van der Waals surface area contributed by atoms with Crippen molar-refractivity contribution in [2.45, 2.75) is 51.3 Å². The number of amidine groups is 1. The number of hydrogen-bond acceptors (Lipinski definition) is 6. The number of ether oxygens (including phenoxy) is 1. The van der Waals surface area contributed by atoms with E-state index in [4.69, 9.17) is 14.7 Å². The van der Waals surface area contributed by atoms with Crippen LogP contribution in [-0.2, 0) is 0 Å². The van der Waals surface area contributed by atoms with Gasteiger partial charge in [-0.2, -0.15) is 0 Å². The zero-order valence-electron chi connectivity index (χ0n) is 22.0. The number of aliphatic imine (C=N–C) groups is 2. The smallest absolute Gasteiger partial charge is 0.197 e. The lowest BCUT2D eigenvalue weighted by Crippen LogP contribution is -2.18. The van der Waals surface area contributed by atoms with Crippen LogP contribution in [0.1, 0.15) is 44.6 Å². The predicted molar refractivity (Wildman–Crippen MR) is 151 cm³/mol. The molecule has 0 bridgehead atoms. The molecule has 0 aliphatic heterocycles. The summed E-state index contributed by atoms with van der Waals surface area (Å²) in [6, 6.07) is 13.7. The number of para-hydroxylation sites is 1. The van der Waals surface area contributed by atoms with Crippen LogP contribution in [0.4, 0.5) is 5.82 Å². The monoisotopic (exact) mass is 499 g/mol. The summed E-state index contributed by atoms with van der Waals surface area (Å²) in [6.07, 6.45) is 7.66. The van der Waals surface area contributed by atoms with Gasteiger partial charge in [0.25, 0.3) is 0 Å². The number of pyridine rings is 2. The van der Waals surface area contributed by atoms with Gasteiger partial charge >= 0.3 is 0 Å². The fourth-order valence-corrected chi connectivity index (χ4v) is 4.31. The van der Waals surface area contributed by atoms with Crippen molar-refractivity contribution in [1.29, 1.82) is 0 Å². The van der Waals surface area contributed by atoms with Gasteiger partial charge in [-0.25, -0.2) is 9.98 Å². The fourth-order valence-electron chi connectivity index (χ4n) is 3.30. The molecule has 0 radical (unpaired) electrons. The number of aryl methyl sites for hydroxylation is 1. The minimum Gasteiger partial charge on any atom is -0.453 e. The van der Waals surface area contributed by atoms with Crippen LogP contribution in [0, 0.1) is 13.8 Å². The molecule has 0 spiro atoms. The molecule has 3 aromatic rings. The van der Waals surface area contributed by atoms with Crippen LogP contribution in [0.2, 0.25) is 0 Å². The van der Waals surface area contributed by atoms with E-state index in [1.165, 1.54) is 0 Å². The molecule has 2 aromatic heterocycles. The molecule has 0 amide bonds. The summed E-state index contributed by atoms with van der Waals surface area (Å²) in [4.78, 5) is 20.5. The summed E-state index contributed by atoms with van der Waals surface area (Å²) >= 11 is 1.62. The van der Waals surface area contributed by atoms with Crippen molar-refractivity contribution in [2.75, 3.05) is 7.05 Å². The molecule has 2 heterocycles. The van der Waals surface area contributed by atoms with Gasteiger partial charge < -0.3 is 10.1 Å². The van der Waals surface area contributed by atoms with E-state index in [2.05, 4.69) is 28.3 Å². The quantitative estimate of drug-likeness (QED) is 0.255. The van der Waals surface area contributed by atoms with Crippen molar-refractivity contribution in [1.82, 2.24) is 15.3 Å². The Balaban J connectivity index is 2.06. The van der Waals surface area contributed by atoms with Crippen LogP contribution in [0.15, 0.2) is 92.4 Å². The minimum absolute atomic E-state index is 0.491. The largest absolute Gasteiger partial charge is 0.453 e. The van der Waals surface area contributed by atoms with Crippen molar-refractivity contribution in [3.05, 3.63) is 89.5 Å². The molecule has 3 rings (SSSR count). The molecule has 0 saturated heterocycles. The van der Waals surface area contributed by atoms with E-state index >= 15 is 0 Å². The van der Waals surface area contributed by atoms with Gasteiger partial charge in [0.2, 0.25) is 0 Å². The first-order chi connectivity index (χ1) is 17.3. The topological polar surface area (TPSA) is 71.8 Å². The SMILES string of the molecule is C/C=C(/C)NC(/C=C/C)=N/c1ncc(Sc2cc(C)nc(C(C)=NC)c2C)cc1Oc1ccccc1. The average Bonchev–Trinajstić information content (AvgIpc) is 2.87. The minimum atomic E-state index is 0.491. The van der Waals surface area contributed by atoms with E-state index in [0.717, 1.165) is 43.9 Å². The summed E-state index contributed by atoms with van der Waals surface area (Å²) in [5.74, 6) is 2.46. The van der Waals surface area contributed by atoms with Gasteiger partial charge in [-0.15, -0.1) is 0 Å². The highest BCUT2D eigenvalue weighted by Crippen LogP contribution is 2.38. The number of nitrogens with one attached hydrogen (secondary N) is 1. The van der Waals surface area contributed by atoms with Gasteiger partial charge in [-0.3, -0.25) is 9.98 Å². The molecule has 186 valence electrons. The van der Waals surface area contributed by atoms with Crippen molar-refractivity contribution < 1.29 is 4.74 Å². The van der Waals surface area contributed by atoms with Crippen LogP contribution < -0.4 is 10.1 Å². The summed E-state index contributed by atoms with van der Waals surface area (Å²) in [7, 11) is 1.79. The fraction of sp³-hybridized carbons (Fsp3) is 0.241. The van der Waals surface area contributed by atoms with Gasteiger partial charge in [-0.05, 0) is 71.4 Å². The summed E-state index contributed by atoms with van der Waals surface area (Å²) in [5.41, 5.74) is 4.85. The normalized spacial score (nSPS) is 12.8. The lowest BCUT2D eigenvalue weighted by molar-refractivity contribution is 0.480. The van der Waals surface area contributed by atoms with Crippen LogP contribution >= 0.6 is 11.8 Å². The van der Waals surface area contributed by atoms with Crippen molar-refractivity contribution in [3.63, 3.8) is 0 Å². The van der Waals surface area contributed by atoms with E-state index < -0.39 is 0 Å². The maximum atomic E-state index is 6.25. The molecule has 0 aliphatic rings. The van der Waals surface area contributed by atoms with E-state index in [1.54, 1.807) is 18.8 Å². The van der Waals surface area contributed by atoms with Crippen LogP contribution in [0.3, 0.4) is 0 Å². The van der Waals surface area contributed by atoms with Crippen molar-refractivity contribution in [3.8, 4) is 11.5 Å². The lowest BCUT2D eigenvalue weighted by atomic mass is 10.1. The Bertz CT molecular complexity index is 1330. The van der Waals surface area contributed by atoms with Gasteiger partial charge in [0.1, 0.15) is 11.6 Å². The van der Waals surface area contributed by atoms with Crippen LogP contribution in [0.25, 0.3) is 0 Å². The Morgan fingerprint density at radius 2 is 1.83 bits per heavy atom. The maximum absolute atomic E-state index is 6.25. The van der Waals surface area contributed by atoms with Gasteiger partial charge in [0.05, 0.1) is 11.4 Å². The predicted octanol–water partition coefficient (Wildman–Crippen LogP) is 7.60. The molecule has 0 aliphatic carbocycles. The second-order valence-electron chi connectivity index (χ2n) is 8.15. The summed E-state index contributed by atoms with van der Waals surface area (Å²) in [6.45, 7) is 12.0. The highest BCUT2D eigenvalue weighted by Gasteiger charge is 2.14. The lowest BCUT2D eigenvalue weighted by Gasteiger charge is -2.14. The van der Waals surface area contributed by atoms with Gasteiger partial charge in [0.15, 0.2) is 11.6 Å². The zero-order valence-corrected chi connectivity index (χ0v) is 22.8. The molecule has 0 atom stereocenters. The van der Waals surface area contributed by atoms with Crippen LogP contribution in [0.5, 0.6) is 11.5 Å². The molecule has 0 saturated carbocycles. The Hall–Kier alpha value is -3.71. The molecule has 0 unspecified atom stereocenters. The standard InChI is InChI=1S/C29H33N5OS/c1-8-13-27(32-19(3)9-2)34-29-25(35-23-14-11-10-12-15-23)17-24(18-31-29)36-26-16-20(4)33-28(21(26)5)22(6)30-7/h8-18H,1-7H3,(H,31,32,34)/b13-8+,19-9-,30-22?. The average molecular weight is 500 g/mol. The Kier molecular flexibility index (Phi) is 9.59. The summed E-state index contributed by atoms with van der Waals surface area (Å²) in [5, 5.41) is 3.30. The third-order valence-electron chi connectivity index (χ3n) is 5.35. The molecular formula is C29H33N5OS. The second-order valence-corrected chi connectivity index (χ2v) is 9.26. The van der Waals surface area contributed by atoms with E-state index in [9.17, 15) is 0 Å². The van der Waals surface area contributed by atoms with Gasteiger partial charge in [0, 0.05) is 40.5 Å². The third-order valence-corrected chi connectivity index (χ3v) is 6.45. The molecular weight excluding hydrogens is 466 g/mol. The molecule has 1 aromatic carbocycles. The number of benzene rings is 1. The first-order valence-electron chi connectivity index (χ1n) is 11.8. The van der Waals surface area contributed by atoms with E-state index in [0.29, 0.717) is 17.4 Å². The highest BCUT2D eigenvalue weighted by atomic mass is 32.2. The third kappa shape index (κ3) is 7.15. The van der Waals surface area contributed by atoms with Crippen LogP contribution in [-0.4, -0.2) is 28.6 Å². The van der Waals surface area contributed by atoms with Crippen molar-refractivity contribution >= 4 is 29.1 Å². The second kappa shape index (κ2) is 12.8. The van der Waals surface area contributed by atoms with E-state index in [-0.39, 0.29) is 0 Å². The zero-order chi connectivity index (χ0) is 26.1. The Morgan fingerprint density at radius 3 is 2.50 bits per heavy atom. The number of aromatic nitrogens is 2. The first kappa shape index (κ1) is 26.9. The van der Waals surface area contributed by atoms with E-state index in [1.807, 2.05) is 95.4 Å². The molecule has 1 N–H and O–H groups in total. The highest BCUT2D eigenvalue weighted by molar-refractivity contribution is 7.99. The van der Waals surface area contributed by atoms with Crippen molar-refractivity contribution in [2.24, 2.45) is 9.98 Å². The molecule has 6 nitrogen and oxygen atoms in total. The van der Waals surface area contributed by atoms with Gasteiger partial charge in [-0.1, -0.05) is 42.1 Å². The maximum Gasteiger partial charge on any atom is 0.197 e. The Morgan fingerprint density at radius 1 is 1.08 bits per heavy atom. The number of allylic oxidation sites excluding steroid dienone is 3.